The Kier molecular flexibility index (Phi) is 7.17. The highest BCUT2D eigenvalue weighted by atomic mass is 32.2. The van der Waals surface area contributed by atoms with E-state index in [0.29, 0.717) is 31.1 Å². The van der Waals surface area contributed by atoms with Gasteiger partial charge in [0.1, 0.15) is 11.5 Å². The molecule has 2 aromatic rings. The Morgan fingerprint density at radius 3 is 2.60 bits per heavy atom. The number of hydrogen-bond donors (Lipinski definition) is 1. The number of carbonyl (C=O) groups is 1. The Labute approximate surface area is 176 Å². The number of urea groups is 1. The molecule has 1 atom stereocenters. The molecule has 1 aliphatic rings. The maximum atomic E-state index is 13.0. The molecule has 3 rings (SSSR count). The van der Waals surface area contributed by atoms with Crippen molar-refractivity contribution in [1.29, 1.82) is 0 Å². The monoisotopic (exact) mass is 434 g/mol. The summed E-state index contributed by atoms with van der Waals surface area (Å²) >= 11 is 0. The van der Waals surface area contributed by atoms with Crippen LogP contribution >= 0.6 is 0 Å². The van der Waals surface area contributed by atoms with Gasteiger partial charge in [0.25, 0.3) is 0 Å². The van der Waals surface area contributed by atoms with Gasteiger partial charge in [-0.05, 0) is 42.7 Å². The van der Waals surface area contributed by atoms with Gasteiger partial charge in [-0.15, -0.1) is 0 Å². The lowest BCUT2D eigenvalue weighted by Crippen LogP contribution is -2.39. The fraction of sp³-hybridized carbons (Fsp3) is 0.381. The SMILES string of the molecule is COc1cccc(NC(=O)N(Cc2ccc(OS(C)(=O)=O)cc2)C[C@H]2CCCO2)c1. The first-order valence-electron chi connectivity index (χ1n) is 9.62. The number of nitrogens with zero attached hydrogens (tertiary/aromatic N) is 1. The minimum atomic E-state index is -3.58. The van der Waals surface area contributed by atoms with E-state index in [1.807, 2.05) is 0 Å². The number of methoxy groups -OCH3 is 1. The third-order valence-corrected chi connectivity index (χ3v) is 5.10. The predicted molar refractivity (Wildman–Crippen MR) is 113 cm³/mol. The number of amides is 2. The smallest absolute Gasteiger partial charge is 0.322 e. The summed E-state index contributed by atoms with van der Waals surface area (Å²) in [6.45, 7) is 1.50. The second kappa shape index (κ2) is 9.82. The van der Waals surface area contributed by atoms with Crippen molar-refractivity contribution in [3.05, 3.63) is 54.1 Å². The van der Waals surface area contributed by atoms with E-state index in [1.165, 1.54) is 0 Å². The summed E-state index contributed by atoms with van der Waals surface area (Å²) in [6.07, 6.45) is 2.87. The largest absolute Gasteiger partial charge is 0.497 e. The predicted octanol–water partition coefficient (Wildman–Crippen LogP) is 3.25. The minimum Gasteiger partial charge on any atom is -0.497 e. The molecule has 1 saturated heterocycles. The number of ether oxygens (including phenoxy) is 2. The Morgan fingerprint density at radius 2 is 1.97 bits per heavy atom. The zero-order chi connectivity index (χ0) is 21.6. The fourth-order valence-corrected chi connectivity index (χ4v) is 3.66. The number of benzene rings is 2. The van der Waals surface area contributed by atoms with Gasteiger partial charge in [0.15, 0.2) is 0 Å². The molecule has 0 bridgehead atoms. The van der Waals surface area contributed by atoms with E-state index < -0.39 is 10.1 Å². The van der Waals surface area contributed by atoms with Crippen LogP contribution < -0.4 is 14.2 Å². The molecule has 0 unspecified atom stereocenters. The van der Waals surface area contributed by atoms with Gasteiger partial charge in [0.2, 0.25) is 0 Å². The molecule has 30 heavy (non-hydrogen) atoms. The molecule has 0 radical (unpaired) electrons. The van der Waals surface area contributed by atoms with Gasteiger partial charge in [0.05, 0.1) is 19.5 Å². The van der Waals surface area contributed by atoms with Gasteiger partial charge in [-0.1, -0.05) is 18.2 Å². The molecule has 162 valence electrons. The Morgan fingerprint density at radius 1 is 1.20 bits per heavy atom. The van der Waals surface area contributed by atoms with E-state index in [9.17, 15) is 13.2 Å². The lowest BCUT2D eigenvalue weighted by Gasteiger charge is -2.26. The number of nitrogens with one attached hydrogen (secondary N) is 1. The van der Waals surface area contributed by atoms with Crippen LogP contribution in [-0.2, 0) is 21.4 Å². The van der Waals surface area contributed by atoms with Crippen LogP contribution in [0.5, 0.6) is 11.5 Å². The molecule has 0 spiro atoms. The normalized spacial score (nSPS) is 16.1. The Balaban J connectivity index is 1.71. The van der Waals surface area contributed by atoms with Crippen molar-refractivity contribution in [3.63, 3.8) is 0 Å². The van der Waals surface area contributed by atoms with Crippen molar-refractivity contribution in [3.8, 4) is 11.5 Å². The summed E-state index contributed by atoms with van der Waals surface area (Å²) in [5, 5.41) is 2.90. The first-order chi connectivity index (χ1) is 14.3. The van der Waals surface area contributed by atoms with Crippen molar-refractivity contribution in [2.75, 3.05) is 31.8 Å². The highest BCUT2D eigenvalue weighted by Crippen LogP contribution is 2.20. The van der Waals surface area contributed by atoms with E-state index >= 15 is 0 Å². The second-order valence-corrected chi connectivity index (χ2v) is 8.68. The van der Waals surface area contributed by atoms with Crippen molar-refractivity contribution >= 4 is 21.8 Å². The highest BCUT2D eigenvalue weighted by molar-refractivity contribution is 7.86. The van der Waals surface area contributed by atoms with Crippen LogP contribution in [0.3, 0.4) is 0 Å². The number of hydrogen-bond acceptors (Lipinski definition) is 6. The fourth-order valence-electron chi connectivity index (χ4n) is 3.20. The molecule has 8 nitrogen and oxygen atoms in total. The zero-order valence-corrected chi connectivity index (χ0v) is 17.9. The summed E-state index contributed by atoms with van der Waals surface area (Å²) in [5.41, 5.74) is 1.48. The maximum absolute atomic E-state index is 13.0. The maximum Gasteiger partial charge on any atom is 0.322 e. The van der Waals surface area contributed by atoms with Crippen molar-refractivity contribution in [1.82, 2.24) is 4.90 Å². The molecule has 0 saturated carbocycles. The lowest BCUT2D eigenvalue weighted by atomic mass is 10.2. The van der Waals surface area contributed by atoms with Gasteiger partial charge in [0, 0.05) is 31.5 Å². The van der Waals surface area contributed by atoms with E-state index in [0.717, 1.165) is 24.7 Å². The van der Waals surface area contributed by atoms with Crippen molar-refractivity contribution < 1.29 is 26.9 Å². The molecular formula is C21H26N2O6S. The van der Waals surface area contributed by atoms with Crippen LogP contribution in [0.1, 0.15) is 18.4 Å². The van der Waals surface area contributed by atoms with Crippen molar-refractivity contribution in [2.24, 2.45) is 0 Å². The van der Waals surface area contributed by atoms with E-state index in [-0.39, 0.29) is 17.9 Å². The van der Waals surface area contributed by atoms with E-state index in [2.05, 4.69) is 5.32 Å². The summed E-state index contributed by atoms with van der Waals surface area (Å²) in [7, 11) is -2.01. The van der Waals surface area contributed by atoms with Crippen LogP contribution in [-0.4, -0.2) is 52.0 Å². The zero-order valence-electron chi connectivity index (χ0n) is 17.0. The van der Waals surface area contributed by atoms with Crippen LogP contribution in [0.4, 0.5) is 10.5 Å². The molecule has 0 aromatic heterocycles. The summed E-state index contributed by atoms with van der Waals surface area (Å²) < 4.78 is 38.3. The third-order valence-electron chi connectivity index (χ3n) is 4.60. The average molecular weight is 435 g/mol. The average Bonchev–Trinajstić information content (AvgIpc) is 3.21. The van der Waals surface area contributed by atoms with Crippen molar-refractivity contribution in [2.45, 2.75) is 25.5 Å². The van der Waals surface area contributed by atoms with E-state index in [4.69, 9.17) is 13.7 Å². The molecule has 1 heterocycles. The quantitative estimate of drug-likeness (QED) is 0.641. The van der Waals surface area contributed by atoms with E-state index in [1.54, 1.807) is 60.5 Å². The van der Waals surface area contributed by atoms with Crippen LogP contribution in [0.2, 0.25) is 0 Å². The molecule has 1 fully saturated rings. The topological polar surface area (TPSA) is 94.2 Å². The number of carbonyl (C=O) groups excluding carboxylic acids is 1. The lowest BCUT2D eigenvalue weighted by molar-refractivity contribution is 0.0819. The van der Waals surface area contributed by atoms with Gasteiger partial charge in [-0.2, -0.15) is 8.42 Å². The first-order valence-corrected chi connectivity index (χ1v) is 11.4. The molecule has 0 aliphatic carbocycles. The van der Waals surface area contributed by atoms with Gasteiger partial charge < -0.3 is 23.9 Å². The highest BCUT2D eigenvalue weighted by Gasteiger charge is 2.23. The molecule has 1 aliphatic heterocycles. The number of rotatable bonds is 8. The summed E-state index contributed by atoms with van der Waals surface area (Å²) in [5.74, 6) is 0.882. The number of anilines is 1. The molecule has 1 N–H and O–H groups in total. The standard InChI is InChI=1S/C21H26N2O6S/c1-27-19-6-3-5-17(13-19)22-21(24)23(15-20-7-4-12-28-20)14-16-8-10-18(11-9-16)29-30(2,25)26/h3,5-6,8-11,13,20H,4,7,12,14-15H2,1-2H3,(H,22,24)/t20-/m1/s1. The first kappa shape index (κ1) is 21.9. The minimum absolute atomic E-state index is 0.00565. The third kappa shape index (κ3) is 6.64. The van der Waals surface area contributed by atoms with Gasteiger partial charge >= 0.3 is 16.1 Å². The Bertz CT molecular complexity index is 956. The molecule has 9 heteroatoms. The Hall–Kier alpha value is -2.78. The molecule has 2 aromatic carbocycles. The van der Waals surface area contributed by atoms with Crippen LogP contribution in [0.15, 0.2) is 48.5 Å². The second-order valence-electron chi connectivity index (χ2n) is 7.11. The van der Waals surface area contributed by atoms with Gasteiger partial charge in [-0.3, -0.25) is 0 Å². The van der Waals surface area contributed by atoms with Crippen LogP contribution in [0.25, 0.3) is 0 Å². The summed E-state index contributed by atoms with van der Waals surface area (Å²) in [6, 6.07) is 13.5. The molecular weight excluding hydrogens is 408 g/mol. The van der Waals surface area contributed by atoms with Gasteiger partial charge in [-0.25, -0.2) is 4.79 Å². The molecule has 2 amide bonds. The summed E-state index contributed by atoms with van der Waals surface area (Å²) in [4.78, 5) is 14.7. The van der Waals surface area contributed by atoms with Crippen LogP contribution in [0, 0.1) is 0 Å².